The van der Waals surface area contributed by atoms with Crippen molar-refractivity contribution in [3.8, 4) is 0 Å². The largest absolute Gasteiger partial charge is 0.345 e. The molecule has 2 aliphatic carbocycles. The fraction of sp³-hybridized carbons (Fsp3) is 0.522. The van der Waals surface area contributed by atoms with Gasteiger partial charge in [-0.05, 0) is 49.4 Å². The summed E-state index contributed by atoms with van der Waals surface area (Å²) >= 11 is 6.36. The van der Waals surface area contributed by atoms with Gasteiger partial charge in [-0.3, -0.25) is 4.79 Å². The molecule has 1 aromatic heterocycles. The number of carbonyl (C=O) groups excluding carboxylic acids is 1. The second-order valence-electron chi connectivity index (χ2n) is 8.10. The van der Waals surface area contributed by atoms with Crippen LogP contribution in [0.15, 0.2) is 42.6 Å². The van der Waals surface area contributed by atoms with Crippen LogP contribution in [0.4, 0.5) is 0 Å². The van der Waals surface area contributed by atoms with E-state index in [1.165, 1.54) is 31.4 Å². The Morgan fingerprint density at radius 3 is 2.48 bits per heavy atom. The number of nitrogens with zero attached hydrogens (tertiary/aromatic N) is 2. The topological polar surface area (TPSA) is 25.2 Å². The summed E-state index contributed by atoms with van der Waals surface area (Å²) in [6.45, 7) is 1.47. The van der Waals surface area contributed by atoms with Gasteiger partial charge >= 0.3 is 0 Å². The van der Waals surface area contributed by atoms with Gasteiger partial charge < -0.3 is 9.47 Å². The molecule has 0 saturated heterocycles. The van der Waals surface area contributed by atoms with Crippen molar-refractivity contribution >= 4 is 17.5 Å². The van der Waals surface area contributed by atoms with E-state index in [-0.39, 0.29) is 5.92 Å². The van der Waals surface area contributed by atoms with Crippen LogP contribution < -0.4 is 0 Å². The summed E-state index contributed by atoms with van der Waals surface area (Å²) < 4.78 is 2.24. The number of halogens is 1. The Labute approximate surface area is 167 Å². The molecule has 0 unspecified atom stereocenters. The molecular weight excluding hydrogens is 356 g/mol. The molecule has 144 valence electrons. The van der Waals surface area contributed by atoms with Crippen molar-refractivity contribution < 1.29 is 4.79 Å². The van der Waals surface area contributed by atoms with Gasteiger partial charge in [-0.2, -0.15) is 0 Å². The molecule has 2 aliphatic rings. The Bertz CT molecular complexity index is 774. The van der Waals surface area contributed by atoms with Gasteiger partial charge in [0, 0.05) is 35.4 Å². The Morgan fingerprint density at radius 2 is 1.78 bits per heavy atom. The highest BCUT2D eigenvalue weighted by Crippen LogP contribution is 2.32. The molecular formula is C23H29ClN2O. The number of hydrogen-bond acceptors (Lipinski definition) is 1. The summed E-state index contributed by atoms with van der Waals surface area (Å²) in [6.07, 6.45) is 11.6. The molecule has 1 amide bonds. The van der Waals surface area contributed by atoms with E-state index in [1.807, 2.05) is 18.2 Å². The van der Waals surface area contributed by atoms with E-state index in [0.29, 0.717) is 11.9 Å². The Hall–Kier alpha value is -1.74. The first kappa shape index (κ1) is 18.6. The Kier molecular flexibility index (Phi) is 5.87. The number of benzene rings is 1. The summed E-state index contributed by atoms with van der Waals surface area (Å²) in [6, 6.07) is 12.7. The van der Waals surface area contributed by atoms with E-state index >= 15 is 0 Å². The molecule has 2 saturated carbocycles. The minimum Gasteiger partial charge on any atom is -0.345 e. The van der Waals surface area contributed by atoms with Crippen LogP contribution in [0.3, 0.4) is 0 Å². The maximum atomic E-state index is 13.2. The number of carbonyl (C=O) groups is 1. The Balaban J connectivity index is 1.53. The van der Waals surface area contributed by atoms with Gasteiger partial charge in [0.05, 0.1) is 6.54 Å². The van der Waals surface area contributed by atoms with Crippen LogP contribution in [0.25, 0.3) is 0 Å². The molecule has 3 nitrogen and oxygen atoms in total. The second kappa shape index (κ2) is 8.52. The highest BCUT2D eigenvalue weighted by atomic mass is 35.5. The van der Waals surface area contributed by atoms with E-state index < -0.39 is 0 Å². The molecule has 1 aromatic carbocycles. The van der Waals surface area contributed by atoms with E-state index in [9.17, 15) is 4.79 Å². The smallest absolute Gasteiger partial charge is 0.226 e. The first-order chi connectivity index (χ1) is 13.2. The van der Waals surface area contributed by atoms with Gasteiger partial charge in [0.1, 0.15) is 0 Å². The third-order valence-electron chi connectivity index (χ3n) is 6.31. The van der Waals surface area contributed by atoms with Crippen molar-refractivity contribution in [1.82, 2.24) is 9.47 Å². The third kappa shape index (κ3) is 4.24. The SMILES string of the molecule is O=C(C1CCC1)N(Cc1cccn1Cc1ccccc1Cl)C1CCCCC1. The van der Waals surface area contributed by atoms with Crippen LogP contribution in [-0.4, -0.2) is 21.4 Å². The van der Waals surface area contributed by atoms with Crippen molar-refractivity contribution in [3.63, 3.8) is 0 Å². The fourth-order valence-corrected chi connectivity index (χ4v) is 4.60. The number of hydrogen-bond donors (Lipinski definition) is 0. The van der Waals surface area contributed by atoms with Crippen LogP contribution in [0, 0.1) is 5.92 Å². The van der Waals surface area contributed by atoms with Gasteiger partial charge in [0.15, 0.2) is 0 Å². The molecule has 2 fully saturated rings. The lowest BCUT2D eigenvalue weighted by Gasteiger charge is -2.39. The lowest BCUT2D eigenvalue weighted by molar-refractivity contribution is -0.142. The zero-order chi connectivity index (χ0) is 18.6. The van der Waals surface area contributed by atoms with Crippen molar-refractivity contribution in [3.05, 3.63) is 58.9 Å². The summed E-state index contributed by atoms with van der Waals surface area (Å²) in [4.78, 5) is 15.4. The summed E-state index contributed by atoms with van der Waals surface area (Å²) in [7, 11) is 0. The van der Waals surface area contributed by atoms with Gasteiger partial charge in [0.25, 0.3) is 0 Å². The average molecular weight is 385 g/mol. The molecule has 0 N–H and O–H groups in total. The normalized spacial score (nSPS) is 18.3. The zero-order valence-corrected chi connectivity index (χ0v) is 16.7. The molecule has 4 rings (SSSR count). The second-order valence-corrected chi connectivity index (χ2v) is 8.51. The van der Waals surface area contributed by atoms with Crippen molar-refractivity contribution in [2.45, 2.75) is 70.5 Å². The molecule has 0 bridgehead atoms. The van der Waals surface area contributed by atoms with Crippen molar-refractivity contribution in [2.24, 2.45) is 5.92 Å². The molecule has 1 heterocycles. The van der Waals surface area contributed by atoms with Crippen LogP contribution in [-0.2, 0) is 17.9 Å². The highest BCUT2D eigenvalue weighted by Gasteiger charge is 2.34. The lowest BCUT2D eigenvalue weighted by atomic mass is 9.83. The fourth-order valence-electron chi connectivity index (χ4n) is 4.40. The van der Waals surface area contributed by atoms with E-state index in [2.05, 4.69) is 33.9 Å². The van der Waals surface area contributed by atoms with Gasteiger partial charge in [-0.25, -0.2) is 0 Å². The van der Waals surface area contributed by atoms with Gasteiger partial charge in [-0.15, -0.1) is 0 Å². The van der Waals surface area contributed by atoms with Crippen molar-refractivity contribution in [2.75, 3.05) is 0 Å². The summed E-state index contributed by atoms with van der Waals surface area (Å²) in [5, 5.41) is 0.798. The standard InChI is InChI=1S/C23H29ClN2O/c24-22-14-5-4-8-19(22)16-25-15-7-13-21(25)17-26(20-11-2-1-3-12-20)23(27)18-9-6-10-18/h4-5,7-8,13-15,18,20H,1-3,6,9-12,16-17H2. The van der Waals surface area contributed by atoms with E-state index in [4.69, 9.17) is 11.6 Å². The molecule has 2 aromatic rings. The predicted octanol–water partition coefficient (Wildman–Crippen LogP) is 5.65. The highest BCUT2D eigenvalue weighted by molar-refractivity contribution is 6.31. The maximum absolute atomic E-state index is 13.2. The first-order valence-corrected chi connectivity index (χ1v) is 10.8. The quantitative estimate of drug-likeness (QED) is 0.631. The van der Waals surface area contributed by atoms with Crippen LogP contribution >= 0.6 is 11.6 Å². The Morgan fingerprint density at radius 1 is 1.00 bits per heavy atom. The van der Waals surface area contributed by atoms with Crippen LogP contribution in [0.2, 0.25) is 5.02 Å². The number of aromatic nitrogens is 1. The minimum atomic E-state index is 0.263. The molecule has 27 heavy (non-hydrogen) atoms. The molecule has 0 atom stereocenters. The van der Waals surface area contributed by atoms with Crippen molar-refractivity contribution in [1.29, 1.82) is 0 Å². The first-order valence-electron chi connectivity index (χ1n) is 10.4. The third-order valence-corrected chi connectivity index (χ3v) is 6.68. The van der Waals surface area contributed by atoms with Crippen LogP contribution in [0.5, 0.6) is 0 Å². The number of rotatable bonds is 6. The maximum Gasteiger partial charge on any atom is 0.226 e. The van der Waals surface area contributed by atoms with E-state index in [1.54, 1.807) is 0 Å². The zero-order valence-electron chi connectivity index (χ0n) is 15.9. The summed E-state index contributed by atoms with van der Waals surface area (Å²) in [5.41, 5.74) is 2.32. The average Bonchev–Trinajstić information content (AvgIpc) is 3.07. The number of amides is 1. The predicted molar refractivity (Wildman–Crippen MR) is 110 cm³/mol. The summed E-state index contributed by atoms with van der Waals surface area (Å²) in [5.74, 6) is 0.651. The molecule has 4 heteroatoms. The molecule has 0 spiro atoms. The van der Waals surface area contributed by atoms with E-state index in [0.717, 1.165) is 49.4 Å². The molecule has 0 aliphatic heterocycles. The molecule has 0 radical (unpaired) electrons. The van der Waals surface area contributed by atoms with Gasteiger partial charge in [-0.1, -0.05) is 55.5 Å². The van der Waals surface area contributed by atoms with Crippen LogP contribution in [0.1, 0.15) is 62.6 Å². The van der Waals surface area contributed by atoms with Gasteiger partial charge in [0.2, 0.25) is 5.91 Å². The minimum absolute atomic E-state index is 0.263. The lowest BCUT2D eigenvalue weighted by Crippen LogP contribution is -2.45. The monoisotopic (exact) mass is 384 g/mol.